The molecule has 1 fully saturated rings. The van der Waals surface area contributed by atoms with Gasteiger partial charge in [0.15, 0.2) is 5.69 Å². The van der Waals surface area contributed by atoms with Gasteiger partial charge in [0.1, 0.15) is 0 Å². The molecule has 8 nitrogen and oxygen atoms in total. The second-order valence-corrected chi connectivity index (χ2v) is 7.97. The van der Waals surface area contributed by atoms with Gasteiger partial charge < -0.3 is 10.2 Å². The summed E-state index contributed by atoms with van der Waals surface area (Å²) in [6, 6.07) is 25.8. The summed E-state index contributed by atoms with van der Waals surface area (Å²) >= 11 is 0. The van der Waals surface area contributed by atoms with Gasteiger partial charge in [-0.05, 0) is 36.4 Å². The molecule has 0 radical (unpaired) electrons. The molecule has 2 N–H and O–H groups in total. The smallest absolute Gasteiger partial charge is 0.299 e. The van der Waals surface area contributed by atoms with Gasteiger partial charge >= 0.3 is 0 Å². The average molecular weight is 453 g/mol. The van der Waals surface area contributed by atoms with Gasteiger partial charge in [0.25, 0.3) is 11.5 Å². The van der Waals surface area contributed by atoms with Crippen LogP contribution in [0, 0.1) is 0 Å². The number of rotatable bonds is 5. The van der Waals surface area contributed by atoms with Gasteiger partial charge in [0, 0.05) is 37.3 Å². The summed E-state index contributed by atoms with van der Waals surface area (Å²) < 4.78 is 1.43. The van der Waals surface area contributed by atoms with E-state index in [4.69, 9.17) is 0 Å². The van der Waals surface area contributed by atoms with Crippen LogP contribution >= 0.6 is 0 Å². The van der Waals surface area contributed by atoms with Gasteiger partial charge in [0.05, 0.1) is 17.1 Å². The number of nitrogens with zero attached hydrogens (tertiary/aromatic N) is 4. The van der Waals surface area contributed by atoms with Crippen molar-refractivity contribution in [2.75, 3.05) is 26.2 Å². The van der Waals surface area contributed by atoms with Crippen molar-refractivity contribution in [3.8, 4) is 16.9 Å². The summed E-state index contributed by atoms with van der Waals surface area (Å²) in [7, 11) is 0. The van der Waals surface area contributed by atoms with Crippen molar-refractivity contribution in [1.29, 1.82) is 0 Å². The van der Waals surface area contributed by atoms with Crippen molar-refractivity contribution in [3.05, 3.63) is 101 Å². The first-order chi connectivity index (χ1) is 16.7. The Morgan fingerprint density at radius 1 is 0.794 bits per heavy atom. The summed E-state index contributed by atoms with van der Waals surface area (Å²) in [6.07, 6.45) is 0. The highest BCUT2D eigenvalue weighted by Gasteiger charge is 2.20. The highest BCUT2D eigenvalue weighted by atomic mass is 16.2. The van der Waals surface area contributed by atoms with E-state index in [0.29, 0.717) is 35.7 Å². The third-order valence-electron chi connectivity index (χ3n) is 5.73. The largest absolute Gasteiger partial charge is 0.336 e. The molecule has 1 aliphatic rings. The van der Waals surface area contributed by atoms with E-state index in [9.17, 15) is 9.59 Å². The first-order valence-electron chi connectivity index (χ1n) is 11.2. The molecule has 0 bridgehead atoms. The van der Waals surface area contributed by atoms with Gasteiger partial charge in [-0.3, -0.25) is 14.7 Å². The lowest BCUT2D eigenvalue weighted by molar-refractivity contribution is 0.0736. The van der Waals surface area contributed by atoms with E-state index < -0.39 is 0 Å². The molecule has 2 heterocycles. The van der Waals surface area contributed by atoms with Crippen LogP contribution in [0.1, 0.15) is 10.4 Å². The lowest BCUT2D eigenvalue weighted by atomic mass is 10.1. The van der Waals surface area contributed by atoms with E-state index in [1.54, 1.807) is 24.3 Å². The number of amides is 1. The molecule has 34 heavy (non-hydrogen) atoms. The minimum atomic E-state index is -0.320. The Bertz CT molecular complexity index is 1350. The molecule has 8 heteroatoms. The molecule has 0 unspecified atom stereocenters. The van der Waals surface area contributed by atoms with Gasteiger partial charge in [0.2, 0.25) is 0 Å². The van der Waals surface area contributed by atoms with Crippen molar-refractivity contribution < 1.29 is 4.79 Å². The molecular weight excluding hydrogens is 428 g/mol. The predicted molar refractivity (Wildman–Crippen MR) is 131 cm³/mol. The number of carbonyl (C=O) groups is 1. The maximum atomic E-state index is 13.3. The van der Waals surface area contributed by atoms with Gasteiger partial charge in [-0.2, -0.15) is 5.11 Å². The molecule has 0 atom stereocenters. The Hall–Kier alpha value is -4.30. The molecule has 4 aromatic rings. The Balaban J connectivity index is 1.50. The number of hydrogen-bond acceptors (Lipinski definition) is 5. The van der Waals surface area contributed by atoms with Crippen LogP contribution in [-0.2, 0) is 0 Å². The third-order valence-corrected chi connectivity index (χ3v) is 5.73. The van der Waals surface area contributed by atoms with Crippen molar-refractivity contribution in [3.63, 3.8) is 0 Å². The zero-order valence-corrected chi connectivity index (χ0v) is 18.5. The molecule has 1 aliphatic heterocycles. The van der Waals surface area contributed by atoms with Crippen LogP contribution in [0.3, 0.4) is 0 Å². The molecule has 0 aliphatic carbocycles. The molecular formula is C26H24N6O2. The van der Waals surface area contributed by atoms with Crippen LogP contribution in [0.25, 0.3) is 16.9 Å². The number of benzene rings is 3. The number of carbonyl (C=O) groups excluding carboxylic acids is 1. The lowest BCUT2D eigenvalue weighted by Gasteiger charge is -2.27. The van der Waals surface area contributed by atoms with E-state index in [0.717, 1.165) is 18.7 Å². The molecule has 1 saturated heterocycles. The lowest BCUT2D eigenvalue weighted by Crippen LogP contribution is -2.46. The van der Waals surface area contributed by atoms with E-state index in [-0.39, 0.29) is 17.2 Å². The van der Waals surface area contributed by atoms with E-state index in [2.05, 4.69) is 20.6 Å². The number of piperazine rings is 1. The molecule has 1 aromatic heterocycles. The third kappa shape index (κ3) is 4.44. The van der Waals surface area contributed by atoms with Gasteiger partial charge in [-0.1, -0.05) is 48.5 Å². The Morgan fingerprint density at radius 3 is 2.12 bits per heavy atom. The molecule has 170 valence electrons. The average Bonchev–Trinajstić information content (AvgIpc) is 3.24. The van der Waals surface area contributed by atoms with Crippen molar-refractivity contribution in [2.24, 2.45) is 10.2 Å². The minimum Gasteiger partial charge on any atom is -0.336 e. The van der Waals surface area contributed by atoms with Crippen LogP contribution < -0.4 is 10.9 Å². The van der Waals surface area contributed by atoms with Crippen molar-refractivity contribution in [1.82, 2.24) is 20.0 Å². The van der Waals surface area contributed by atoms with E-state index in [1.165, 1.54) is 4.68 Å². The minimum absolute atomic E-state index is 0.00536. The van der Waals surface area contributed by atoms with Crippen LogP contribution in [-0.4, -0.2) is 46.8 Å². The summed E-state index contributed by atoms with van der Waals surface area (Å²) in [6.45, 7) is 2.97. The summed E-state index contributed by atoms with van der Waals surface area (Å²) in [4.78, 5) is 28.0. The Labute approximate surface area is 196 Å². The van der Waals surface area contributed by atoms with E-state index >= 15 is 0 Å². The maximum Gasteiger partial charge on any atom is 0.299 e. The molecule has 5 rings (SSSR count). The zero-order valence-electron chi connectivity index (χ0n) is 18.5. The van der Waals surface area contributed by atoms with Crippen molar-refractivity contribution in [2.45, 2.75) is 0 Å². The van der Waals surface area contributed by atoms with Crippen LogP contribution in [0.2, 0.25) is 0 Å². The van der Waals surface area contributed by atoms with Crippen molar-refractivity contribution >= 4 is 17.3 Å². The molecule has 0 saturated carbocycles. The SMILES string of the molecule is O=C(c1ccc(-n2[nH]c(-c3ccccc3)c(N=Nc3ccccc3)c2=O)cc1)N1CCNCC1. The Morgan fingerprint density at radius 2 is 1.44 bits per heavy atom. The molecule has 1 amide bonds. The quantitative estimate of drug-likeness (QED) is 0.442. The first-order valence-corrected chi connectivity index (χ1v) is 11.2. The van der Waals surface area contributed by atoms with Gasteiger partial charge in [-0.15, -0.1) is 5.11 Å². The second kappa shape index (κ2) is 9.68. The summed E-state index contributed by atoms with van der Waals surface area (Å²) in [5.74, 6) is -0.00536. The highest BCUT2D eigenvalue weighted by Crippen LogP contribution is 2.28. The number of hydrogen-bond donors (Lipinski definition) is 2. The number of aromatic amines is 1. The van der Waals surface area contributed by atoms with Crippen LogP contribution in [0.5, 0.6) is 0 Å². The predicted octanol–water partition coefficient (Wildman–Crippen LogP) is 4.29. The first kappa shape index (κ1) is 21.5. The number of nitrogens with one attached hydrogen (secondary N) is 2. The fraction of sp³-hybridized carbons (Fsp3) is 0.154. The van der Waals surface area contributed by atoms with E-state index in [1.807, 2.05) is 65.6 Å². The van der Waals surface area contributed by atoms with Gasteiger partial charge in [-0.25, -0.2) is 4.68 Å². The second-order valence-electron chi connectivity index (χ2n) is 7.97. The monoisotopic (exact) mass is 452 g/mol. The molecule has 0 spiro atoms. The molecule has 3 aromatic carbocycles. The van der Waals surface area contributed by atoms with Crippen LogP contribution in [0.4, 0.5) is 11.4 Å². The summed E-state index contributed by atoms with van der Waals surface area (Å²) in [5.41, 5.74) is 3.16. The fourth-order valence-corrected chi connectivity index (χ4v) is 3.91. The Kier molecular flexibility index (Phi) is 6.13. The standard InChI is InChI=1S/C26H24N6O2/c33-25(31-17-15-27-16-18-31)20-11-13-22(14-12-20)32-26(34)24(29-28-21-9-5-2-6-10-21)23(30-32)19-7-3-1-4-8-19/h1-14,27,30H,15-18H2. The normalized spacial score (nSPS) is 13.9. The number of H-pyrrole nitrogens is 1. The van der Waals surface area contributed by atoms with Crippen LogP contribution in [0.15, 0.2) is 100.0 Å². The number of aromatic nitrogens is 2. The fourth-order valence-electron chi connectivity index (χ4n) is 3.91. The maximum absolute atomic E-state index is 13.3. The summed E-state index contributed by atoms with van der Waals surface area (Å²) in [5, 5.41) is 15.0. The number of azo groups is 1. The zero-order chi connectivity index (χ0) is 23.3. The highest BCUT2D eigenvalue weighted by molar-refractivity contribution is 5.94. The topological polar surface area (TPSA) is 94.8 Å².